The van der Waals surface area contributed by atoms with Gasteiger partial charge in [-0.2, -0.15) is 4.98 Å². The lowest BCUT2D eigenvalue weighted by Gasteiger charge is -2.25. The van der Waals surface area contributed by atoms with Gasteiger partial charge in [0.1, 0.15) is 30.9 Å². The van der Waals surface area contributed by atoms with Gasteiger partial charge in [-0.1, -0.05) is 118 Å². The zero-order valence-corrected chi connectivity index (χ0v) is 33.3. The number of hydrogen-bond acceptors (Lipinski definition) is 13. The second-order valence-electron chi connectivity index (χ2n) is 12.8. The molecule has 0 saturated carbocycles. The molecule has 15 nitrogen and oxygen atoms in total. The van der Waals surface area contributed by atoms with Crippen LogP contribution in [0.2, 0.25) is 0 Å². The van der Waals surface area contributed by atoms with Crippen LogP contribution in [0.5, 0.6) is 0 Å². The summed E-state index contributed by atoms with van der Waals surface area (Å²) in [5.41, 5.74) is 1.52. The number of unbranched alkanes of at least 4 members (excludes halogenated alkanes) is 2. The average molecular weight is 814 g/mol. The highest BCUT2D eigenvalue weighted by atomic mass is 31.2. The first-order valence-corrected chi connectivity index (χ1v) is 21.5. The van der Waals surface area contributed by atoms with Gasteiger partial charge in [0, 0.05) is 12.6 Å². The molecule has 4 aromatic rings. The highest BCUT2D eigenvalue weighted by Gasteiger charge is 2.44. The van der Waals surface area contributed by atoms with Gasteiger partial charge in [-0.25, -0.2) is 18.7 Å². The lowest BCUT2D eigenvalue weighted by molar-refractivity contribution is -0.0503. The lowest BCUT2D eigenvalue weighted by atomic mass is 10.2. The Hall–Kier alpha value is -4.01. The van der Waals surface area contributed by atoms with Crippen molar-refractivity contribution in [1.29, 1.82) is 0 Å². The molecule has 56 heavy (non-hydrogen) atoms. The number of benzene rings is 3. The van der Waals surface area contributed by atoms with E-state index in [-0.39, 0.29) is 45.3 Å². The summed E-state index contributed by atoms with van der Waals surface area (Å²) in [7, 11) is -8.42. The summed E-state index contributed by atoms with van der Waals surface area (Å²) in [5, 5.41) is 2.45. The summed E-state index contributed by atoms with van der Waals surface area (Å²) in [6.07, 6.45) is 0.169. The minimum absolute atomic E-state index is 0.0272. The van der Waals surface area contributed by atoms with Gasteiger partial charge >= 0.3 is 27.4 Å². The largest absolute Gasteiger partial charge is 0.475 e. The predicted molar refractivity (Wildman–Crippen MR) is 207 cm³/mol. The number of anilines is 1. The summed E-state index contributed by atoms with van der Waals surface area (Å²) in [4.78, 5) is 29.7. The number of nitrogens with one attached hydrogen (secondary N) is 1. The van der Waals surface area contributed by atoms with E-state index in [0.29, 0.717) is 12.8 Å². The van der Waals surface area contributed by atoms with E-state index < -0.39 is 52.5 Å². The highest BCUT2D eigenvalue weighted by molar-refractivity contribution is 7.48. The molecule has 1 amide bonds. The molecule has 0 aliphatic carbocycles. The predicted octanol–water partition coefficient (Wildman–Crippen LogP) is 8.96. The molecular formula is C39H49N3O12P2. The molecule has 0 bridgehead atoms. The SMILES string of the molecule is CCCCOP(=O)(OCc1ccccc1)OC[C@H]1O[C@@H](n2ccc(NC(=O)OCc3ccccc3)nc2=O)C[C@@H]1OP(=O)(OCCCC)OCc1ccccc1. The van der Waals surface area contributed by atoms with Crippen LogP contribution in [-0.2, 0) is 65.6 Å². The number of hydrogen-bond donors (Lipinski definition) is 1. The van der Waals surface area contributed by atoms with Crippen LogP contribution in [0.3, 0.4) is 0 Å². The smallest absolute Gasteiger partial charge is 0.444 e. The van der Waals surface area contributed by atoms with Gasteiger partial charge in [0.15, 0.2) is 0 Å². The molecule has 5 rings (SSSR count). The Morgan fingerprint density at radius 2 is 1.29 bits per heavy atom. The molecule has 1 aliphatic heterocycles. The molecule has 2 heterocycles. The van der Waals surface area contributed by atoms with Crippen LogP contribution in [0.25, 0.3) is 0 Å². The molecule has 1 saturated heterocycles. The van der Waals surface area contributed by atoms with E-state index in [0.717, 1.165) is 29.5 Å². The van der Waals surface area contributed by atoms with Crippen molar-refractivity contribution in [2.24, 2.45) is 0 Å². The fraction of sp³-hybridized carbons (Fsp3) is 0.410. The first-order chi connectivity index (χ1) is 27.2. The van der Waals surface area contributed by atoms with Crippen molar-refractivity contribution in [3.63, 3.8) is 0 Å². The van der Waals surface area contributed by atoms with Gasteiger partial charge < -0.3 is 9.47 Å². The maximum Gasteiger partial charge on any atom is 0.475 e. The Morgan fingerprint density at radius 1 is 0.750 bits per heavy atom. The minimum Gasteiger partial charge on any atom is -0.444 e. The fourth-order valence-electron chi connectivity index (χ4n) is 5.33. The van der Waals surface area contributed by atoms with Crippen molar-refractivity contribution >= 4 is 27.6 Å². The first-order valence-electron chi connectivity index (χ1n) is 18.6. The molecule has 0 radical (unpaired) electrons. The Morgan fingerprint density at radius 3 is 1.84 bits per heavy atom. The van der Waals surface area contributed by atoms with Crippen LogP contribution in [0.1, 0.15) is 68.9 Å². The van der Waals surface area contributed by atoms with Crippen molar-refractivity contribution in [3.8, 4) is 0 Å². The molecule has 0 spiro atoms. The number of phosphoric acid groups is 2. The Kier molecular flexibility index (Phi) is 17.0. The summed E-state index contributed by atoms with van der Waals surface area (Å²) in [6, 6.07) is 28.8. The van der Waals surface area contributed by atoms with Gasteiger partial charge in [0.2, 0.25) is 0 Å². The number of nitrogens with zero attached hydrogens (tertiary/aromatic N) is 2. The Labute approximate surface area is 326 Å². The highest BCUT2D eigenvalue weighted by Crippen LogP contribution is 2.55. The summed E-state index contributed by atoms with van der Waals surface area (Å²) < 4.78 is 75.7. The maximum absolute atomic E-state index is 14.2. The van der Waals surface area contributed by atoms with Crippen molar-refractivity contribution < 1.29 is 50.5 Å². The van der Waals surface area contributed by atoms with Crippen LogP contribution < -0.4 is 11.0 Å². The van der Waals surface area contributed by atoms with Gasteiger partial charge in [-0.05, 0) is 35.6 Å². The van der Waals surface area contributed by atoms with Gasteiger partial charge in [0.25, 0.3) is 0 Å². The van der Waals surface area contributed by atoms with Crippen molar-refractivity contribution in [1.82, 2.24) is 9.55 Å². The number of rotatable bonds is 23. The summed E-state index contributed by atoms with van der Waals surface area (Å²) in [6.45, 7) is 3.65. The van der Waals surface area contributed by atoms with Crippen LogP contribution in [0, 0.1) is 0 Å². The number of carbonyl (C=O) groups excluding carboxylic acids is 1. The minimum atomic E-state index is -4.25. The summed E-state index contributed by atoms with van der Waals surface area (Å²) >= 11 is 0. The third-order valence-corrected chi connectivity index (χ3v) is 11.3. The third kappa shape index (κ3) is 13.9. The quantitative estimate of drug-likeness (QED) is 0.0556. The van der Waals surface area contributed by atoms with E-state index in [1.54, 1.807) is 0 Å². The molecule has 1 N–H and O–H groups in total. The van der Waals surface area contributed by atoms with E-state index in [4.69, 9.17) is 36.6 Å². The second kappa shape index (κ2) is 22.1. The van der Waals surface area contributed by atoms with E-state index in [1.807, 2.05) is 105 Å². The van der Waals surface area contributed by atoms with Crippen LogP contribution in [0.4, 0.5) is 10.6 Å². The number of aromatic nitrogens is 2. The molecule has 1 aromatic heterocycles. The molecule has 1 aliphatic rings. The Bertz CT molecular complexity index is 1940. The van der Waals surface area contributed by atoms with Crippen molar-refractivity contribution in [3.05, 3.63) is 130 Å². The second-order valence-corrected chi connectivity index (χ2v) is 16.1. The average Bonchev–Trinajstić information content (AvgIpc) is 3.60. The lowest BCUT2D eigenvalue weighted by Crippen LogP contribution is -2.29. The zero-order valence-electron chi connectivity index (χ0n) is 31.5. The van der Waals surface area contributed by atoms with Gasteiger partial charge in [-0.3, -0.25) is 37.0 Å². The Balaban J connectivity index is 1.33. The van der Waals surface area contributed by atoms with Crippen LogP contribution >= 0.6 is 15.6 Å². The van der Waals surface area contributed by atoms with Crippen LogP contribution in [0.15, 0.2) is 108 Å². The molecule has 3 aromatic carbocycles. The normalized spacial score (nSPS) is 18.9. The van der Waals surface area contributed by atoms with Gasteiger partial charge in [-0.15, -0.1) is 0 Å². The third-order valence-electron chi connectivity index (χ3n) is 8.38. The van der Waals surface area contributed by atoms with E-state index in [1.165, 1.54) is 16.8 Å². The molecular weight excluding hydrogens is 764 g/mol. The van der Waals surface area contributed by atoms with E-state index in [9.17, 15) is 18.7 Å². The van der Waals surface area contributed by atoms with Crippen LogP contribution in [-0.4, -0.2) is 47.7 Å². The van der Waals surface area contributed by atoms with Crippen molar-refractivity contribution in [2.75, 3.05) is 25.1 Å². The monoisotopic (exact) mass is 813 g/mol. The van der Waals surface area contributed by atoms with Crippen molar-refractivity contribution in [2.45, 2.75) is 84.2 Å². The van der Waals surface area contributed by atoms with E-state index in [2.05, 4.69) is 10.3 Å². The molecule has 1 fully saturated rings. The summed E-state index contributed by atoms with van der Waals surface area (Å²) in [5.74, 6) is -0.0427. The molecule has 17 heteroatoms. The maximum atomic E-state index is 14.2. The number of carbonyl (C=O) groups is 1. The van der Waals surface area contributed by atoms with Gasteiger partial charge in [0.05, 0.1) is 33.0 Å². The first kappa shape index (κ1) is 43.1. The van der Waals surface area contributed by atoms with E-state index >= 15 is 0 Å². The number of phosphoric ester groups is 2. The molecule has 2 unspecified atom stereocenters. The number of ether oxygens (including phenoxy) is 2. The topological polar surface area (TPSA) is 172 Å². The molecule has 302 valence electrons. The molecule has 5 atom stereocenters. The fourth-order valence-corrected chi connectivity index (χ4v) is 7.96. The zero-order chi connectivity index (χ0) is 39.6. The number of amides is 1. The standard InChI is InChI=1S/C39H49N3O12P2/c1-3-5-24-48-55(45,50-28-32-18-12-8-13-19-32)52-30-35-34(54-56(46,49-25-6-4-2)51-29-33-20-14-9-15-21-33)26-37(53-35)42-23-22-36(40-38(42)43)41-39(44)47-27-31-16-10-7-11-17-31/h7-23,34-35,37H,3-6,24-30H2,1-2H3,(H,40,41,43,44)/t34-,35+,37+,55?,56?/m0/s1.